The quantitative estimate of drug-likeness (QED) is 0.736. The molecule has 0 unspecified atom stereocenters. The van der Waals surface area contributed by atoms with Crippen molar-refractivity contribution in [2.75, 3.05) is 0 Å². The van der Waals surface area contributed by atoms with Crippen LogP contribution in [0, 0.1) is 0 Å². The van der Waals surface area contributed by atoms with Gasteiger partial charge in [-0.25, -0.2) is 9.78 Å². The zero-order valence-electron chi connectivity index (χ0n) is 13.7. The van der Waals surface area contributed by atoms with Crippen LogP contribution in [0.3, 0.4) is 0 Å². The van der Waals surface area contributed by atoms with E-state index in [1.807, 2.05) is 30.5 Å². The summed E-state index contributed by atoms with van der Waals surface area (Å²) in [5.74, 6) is -0.889. The molecule has 25 heavy (non-hydrogen) atoms. The van der Waals surface area contributed by atoms with E-state index in [2.05, 4.69) is 10.4 Å². The van der Waals surface area contributed by atoms with Crippen LogP contribution in [-0.4, -0.2) is 21.0 Å². The molecule has 2 heterocycles. The number of pyridine rings is 1. The lowest BCUT2D eigenvalue weighted by molar-refractivity contribution is 0.0697. The molecule has 1 aliphatic carbocycles. The van der Waals surface area contributed by atoms with E-state index in [9.17, 15) is 4.79 Å². The van der Waals surface area contributed by atoms with E-state index in [-0.39, 0.29) is 5.41 Å². The number of hydrogen-bond donors (Lipinski definition) is 1. The largest absolute Gasteiger partial charge is 0.478 e. The summed E-state index contributed by atoms with van der Waals surface area (Å²) < 4.78 is 0. The summed E-state index contributed by atoms with van der Waals surface area (Å²) in [6.07, 6.45) is 8.05. The van der Waals surface area contributed by atoms with Gasteiger partial charge in [-0.3, -0.25) is 4.98 Å². The number of carboxylic acids is 1. The summed E-state index contributed by atoms with van der Waals surface area (Å²) >= 11 is 1.69. The van der Waals surface area contributed by atoms with Crippen LogP contribution in [-0.2, 0) is 5.41 Å². The van der Waals surface area contributed by atoms with E-state index < -0.39 is 5.97 Å². The van der Waals surface area contributed by atoms with Crippen molar-refractivity contribution in [1.82, 2.24) is 9.97 Å². The minimum atomic E-state index is -0.889. The highest BCUT2D eigenvalue weighted by molar-refractivity contribution is 7.10. The number of aromatic carboxylic acids is 1. The van der Waals surface area contributed by atoms with Crippen molar-refractivity contribution in [3.63, 3.8) is 0 Å². The van der Waals surface area contributed by atoms with E-state index in [4.69, 9.17) is 10.1 Å². The fourth-order valence-corrected chi connectivity index (χ4v) is 4.79. The number of hydrogen-bond acceptors (Lipinski definition) is 4. The molecule has 1 fully saturated rings. The van der Waals surface area contributed by atoms with Gasteiger partial charge in [-0.1, -0.05) is 25.0 Å². The maximum absolute atomic E-state index is 11.1. The van der Waals surface area contributed by atoms with Crippen molar-refractivity contribution in [2.45, 2.75) is 31.1 Å². The van der Waals surface area contributed by atoms with Crippen LogP contribution >= 0.6 is 11.3 Å². The minimum absolute atomic E-state index is 0.0951. The van der Waals surface area contributed by atoms with Crippen molar-refractivity contribution >= 4 is 17.3 Å². The number of carboxylic acid groups (broad SMARTS) is 1. The molecule has 0 spiro atoms. The Labute approximate surface area is 150 Å². The Hall–Kier alpha value is -2.53. The second-order valence-electron chi connectivity index (χ2n) is 6.45. The monoisotopic (exact) mass is 350 g/mol. The van der Waals surface area contributed by atoms with Crippen molar-refractivity contribution in [3.05, 3.63) is 70.3 Å². The molecule has 1 saturated carbocycles. The van der Waals surface area contributed by atoms with E-state index in [1.54, 1.807) is 29.7 Å². The van der Waals surface area contributed by atoms with E-state index in [1.165, 1.54) is 18.4 Å². The van der Waals surface area contributed by atoms with Gasteiger partial charge >= 0.3 is 5.97 Å². The van der Waals surface area contributed by atoms with Gasteiger partial charge in [0, 0.05) is 28.8 Å². The van der Waals surface area contributed by atoms with Crippen LogP contribution in [0.5, 0.6) is 0 Å². The molecule has 0 aliphatic heterocycles. The summed E-state index contributed by atoms with van der Waals surface area (Å²) in [7, 11) is 0. The highest BCUT2D eigenvalue weighted by Crippen LogP contribution is 2.48. The van der Waals surface area contributed by atoms with Gasteiger partial charge in [0.15, 0.2) is 0 Å². The first-order valence-electron chi connectivity index (χ1n) is 8.39. The topological polar surface area (TPSA) is 63.1 Å². The van der Waals surface area contributed by atoms with Gasteiger partial charge < -0.3 is 5.11 Å². The molecule has 126 valence electrons. The average molecular weight is 350 g/mol. The second kappa shape index (κ2) is 6.41. The average Bonchev–Trinajstić information content (AvgIpc) is 3.33. The van der Waals surface area contributed by atoms with Crippen LogP contribution < -0.4 is 0 Å². The zero-order chi connectivity index (χ0) is 17.3. The Morgan fingerprint density at radius 3 is 2.52 bits per heavy atom. The standard InChI is InChI=1S/C20H18N2O2S/c23-18(24)14-5-7-16(8-6-14)20(9-1-2-10-20)19-22-17(13-25-19)15-4-3-11-21-12-15/h3-8,11-13H,1-2,9-10H2,(H,23,24). The van der Waals surface area contributed by atoms with Crippen LogP contribution in [0.15, 0.2) is 54.2 Å². The lowest BCUT2D eigenvalue weighted by atomic mass is 9.79. The fraction of sp³-hybridized carbons (Fsp3) is 0.250. The summed E-state index contributed by atoms with van der Waals surface area (Å²) in [4.78, 5) is 20.2. The molecule has 1 aliphatic rings. The molecule has 0 atom stereocenters. The van der Waals surface area contributed by atoms with E-state index in [0.717, 1.165) is 29.1 Å². The third-order valence-electron chi connectivity index (χ3n) is 5.01. The van der Waals surface area contributed by atoms with Crippen LogP contribution in [0.2, 0.25) is 0 Å². The van der Waals surface area contributed by atoms with Crippen LogP contribution in [0.25, 0.3) is 11.3 Å². The molecular formula is C20H18N2O2S. The number of nitrogens with zero attached hydrogens (tertiary/aromatic N) is 2. The first-order chi connectivity index (χ1) is 12.2. The third kappa shape index (κ3) is 2.85. The maximum Gasteiger partial charge on any atom is 0.335 e. The molecule has 1 N–H and O–H groups in total. The molecule has 5 heteroatoms. The van der Waals surface area contributed by atoms with Crippen molar-refractivity contribution < 1.29 is 9.90 Å². The molecule has 0 amide bonds. The fourth-order valence-electron chi connectivity index (χ4n) is 3.68. The highest BCUT2D eigenvalue weighted by Gasteiger charge is 2.40. The maximum atomic E-state index is 11.1. The zero-order valence-corrected chi connectivity index (χ0v) is 14.5. The minimum Gasteiger partial charge on any atom is -0.478 e. The smallest absolute Gasteiger partial charge is 0.335 e. The van der Waals surface area contributed by atoms with Crippen molar-refractivity contribution in [3.8, 4) is 11.3 Å². The number of benzene rings is 1. The van der Waals surface area contributed by atoms with Crippen molar-refractivity contribution in [1.29, 1.82) is 0 Å². The molecule has 2 aromatic heterocycles. The van der Waals surface area contributed by atoms with Crippen molar-refractivity contribution in [2.24, 2.45) is 0 Å². The summed E-state index contributed by atoms with van der Waals surface area (Å²) in [6, 6.07) is 11.3. The third-order valence-corrected chi connectivity index (χ3v) is 6.06. The number of aromatic nitrogens is 2. The van der Waals surface area contributed by atoms with Gasteiger partial charge in [0.05, 0.1) is 11.3 Å². The van der Waals surface area contributed by atoms with Crippen LogP contribution in [0.1, 0.15) is 46.6 Å². The predicted octanol–water partition coefficient (Wildman–Crippen LogP) is 4.76. The van der Waals surface area contributed by atoms with E-state index in [0.29, 0.717) is 5.56 Å². The normalized spacial score (nSPS) is 16.0. The highest BCUT2D eigenvalue weighted by atomic mass is 32.1. The Morgan fingerprint density at radius 1 is 1.12 bits per heavy atom. The first-order valence-corrected chi connectivity index (χ1v) is 9.27. The Bertz CT molecular complexity index is 882. The molecule has 1 aromatic carbocycles. The van der Waals surface area contributed by atoms with Gasteiger partial charge in [0.2, 0.25) is 0 Å². The van der Waals surface area contributed by atoms with Crippen LogP contribution in [0.4, 0.5) is 0 Å². The molecule has 0 radical (unpaired) electrons. The lowest BCUT2D eigenvalue weighted by Crippen LogP contribution is -2.23. The van der Waals surface area contributed by atoms with Gasteiger partial charge in [-0.15, -0.1) is 11.3 Å². The number of rotatable bonds is 4. The lowest BCUT2D eigenvalue weighted by Gasteiger charge is -2.27. The Kier molecular flexibility index (Phi) is 4.09. The number of thiazole rings is 1. The van der Waals surface area contributed by atoms with E-state index >= 15 is 0 Å². The molecule has 4 nitrogen and oxygen atoms in total. The Morgan fingerprint density at radius 2 is 1.88 bits per heavy atom. The SMILES string of the molecule is O=C(O)c1ccc(C2(c3nc(-c4cccnc4)cs3)CCCC2)cc1. The summed E-state index contributed by atoms with van der Waals surface area (Å²) in [5.41, 5.74) is 3.39. The predicted molar refractivity (Wildman–Crippen MR) is 98.0 cm³/mol. The van der Waals surface area contributed by atoms with Gasteiger partial charge in [0.25, 0.3) is 0 Å². The molecular weight excluding hydrogens is 332 g/mol. The molecule has 3 aromatic rings. The van der Waals surface area contributed by atoms with Gasteiger partial charge in [-0.2, -0.15) is 0 Å². The molecule has 0 bridgehead atoms. The first kappa shape index (κ1) is 16.0. The van der Waals surface area contributed by atoms with Gasteiger partial charge in [0.1, 0.15) is 5.01 Å². The number of carbonyl (C=O) groups is 1. The molecule has 4 rings (SSSR count). The van der Waals surface area contributed by atoms with Gasteiger partial charge in [-0.05, 0) is 42.7 Å². The summed E-state index contributed by atoms with van der Waals surface area (Å²) in [5, 5.41) is 12.3. The molecule has 0 saturated heterocycles. The Balaban J connectivity index is 1.74. The second-order valence-corrected chi connectivity index (χ2v) is 7.31. The summed E-state index contributed by atoms with van der Waals surface area (Å²) in [6.45, 7) is 0.